The minimum Gasteiger partial charge on any atom is -0.493 e. The van der Waals surface area contributed by atoms with E-state index in [-0.39, 0.29) is 22.6 Å². The van der Waals surface area contributed by atoms with E-state index in [1.54, 1.807) is 12.1 Å². The van der Waals surface area contributed by atoms with Gasteiger partial charge >= 0.3 is 11.9 Å². The van der Waals surface area contributed by atoms with Crippen LogP contribution in [0.4, 0.5) is 0 Å². The van der Waals surface area contributed by atoms with Crippen LogP contribution in [0, 0.1) is 11.3 Å². The summed E-state index contributed by atoms with van der Waals surface area (Å²) in [5.74, 6) is -0.158. The van der Waals surface area contributed by atoms with E-state index in [0.29, 0.717) is 22.8 Å². The molecule has 0 saturated heterocycles. The van der Waals surface area contributed by atoms with Crippen LogP contribution in [-0.4, -0.2) is 47.5 Å². The highest BCUT2D eigenvalue weighted by atomic mass is 16.6. The SMILES string of the molecule is COC(=O)/C(C#N)=C\c1ccc(OC(=O)c2cc(OC)c(OC)c(OC)c2)c(OC)c1. The lowest BCUT2D eigenvalue weighted by Gasteiger charge is -2.14. The summed E-state index contributed by atoms with van der Waals surface area (Å²) in [6.45, 7) is 0. The summed E-state index contributed by atoms with van der Waals surface area (Å²) in [6, 6.07) is 9.23. The summed E-state index contributed by atoms with van der Waals surface area (Å²) < 4.78 is 31.0. The molecule has 0 saturated carbocycles. The van der Waals surface area contributed by atoms with Crippen molar-refractivity contribution in [2.75, 3.05) is 35.5 Å². The van der Waals surface area contributed by atoms with Crippen LogP contribution >= 0.6 is 0 Å². The highest BCUT2D eigenvalue weighted by Crippen LogP contribution is 2.39. The lowest BCUT2D eigenvalue weighted by molar-refractivity contribution is -0.135. The molecule has 0 radical (unpaired) electrons. The monoisotopic (exact) mass is 427 g/mol. The summed E-state index contributed by atoms with van der Waals surface area (Å²) in [5.41, 5.74) is 0.455. The van der Waals surface area contributed by atoms with Gasteiger partial charge in [0.25, 0.3) is 0 Å². The fraction of sp³-hybridized carbons (Fsp3) is 0.227. The van der Waals surface area contributed by atoms with Crippen LogP contribution < -0.4 is 23.7 Å². The van der Waals surface area contributed by atoms with Crippen molar-refractivity contribution in [2.24, 2.45) is 0 Å². The Morgan fingerprint density at radius 1 is 0.839 bits per heavy atom. The number of hydrogen-bond donors (Lipinski definition) is 0. The molecule has 2 rings (SSSR count). The van der Waals surface area contributed by atoms with Gasteiger partial charge in [0.05, 0.1) is 41.1 Å². The van der Waals surface area contributed by atoms with Crippen LogP contribution in [0.15, 0.2) is 35.9 Å². The van der Waals surface area contributed by atoms with Gasteiger partial charge in [-0.25, -0.2) is 9.59 Å². The van der Waals surface area contributed by atoms with Crippen LogP contribution in [0.2, 0.25) is 0 Å². The maximum absolute atomic E-state index is 12.7. The van der Waals surface area contributed by atoms with E-state index in [9.17, 15) is 9.59 Å². The van der Waals surface area contributed by atoms with Crippen molar-refractivity contribution in [1.29, 1.82) is 5.26 Å². The number of nitriles is 1. The van der Waals surface area contributed by atoms with Crippen LogP contribution in [0.5, 0.6) is 28.7 Å². The van der Waals surface area contributed by atoms with Gasteiger partial charge in [0.1, 0.15) is 11.6 Å². The average Bonchev–Trinajstić information content (AvgIpc) is 2.81. The number of nitrogens with zero attached hydrogens (tertiary/aromatic N) is 1. The Balaban J connectivity index is 2.37. The standard InChI is InChI=1S/C22H21NO8/c1-26-17-9-13(8-15(12-23)21(24)30-5)6-7-16(17)31-22(25)14-10-18(27-2)20(29-4)19(11-14)28-3/h6-11H,1-5H3/b15-8-. The van der Waals surface area contributed by atoms with Crippen molar-refractivity contribution in [1.82, 2.24) is 0 Å². The molecule has 0 aliphatic rings. The van der Waals surface area contributed by atoms with Gasteiger partial charge in [-0.15, -0.1) is 0 Å². The lowest BCUT2D eigenvalue weighted by atomic mass is 10.1. The Labute approximate surface area is 179 Å². The molecular weight excluding hydrogens is 406 g/mol. The zero-order valence-electron chi connectivity index (χ0n) is 17.7. The molecule has 162 valence electrons. The number of rotatable bonds is 8. The predicted octanol–water partition coefficient (Wildman–Crippen LogP) is 3.02. The zero-order chi connectivity index (χ0) is 23.0. The Hall–Kier alpha value is -4.19. The first-order valence-corrected chi connectivity index (χ1v) is 8.82. The van der Waals surface area contributed by atoms with Gasteiger partial charge in [-0.3, -0.25) is 0 Å². The number of esters is 2. The number of hydrogen-bond acceptors (Lipinski definition) is 9. The Morgan fingerprint density at radius 3 is 1.94 bits per heavy atom. The molecule has 0 bridgehead atoms. The van der Waals surface area contributed by atoms with Crippen LogP contribution in [0.1, 0.15) is 15.9 Å². The molecule has 0 aliphatic heterocycles. The largest absolute Gasteiger partial charge is 0.493 e. The van der Waals surface area contributed by atoms with E-state index in [1.165, 1.54) is 65.9 Å². The summed E-state index contributed by atoms with van der Waals surface area (Å²) in [4.78, 5) is 24.3. The fourth-order valence-electron chi connectivity index (χ4n) is 2.63. The third-order valence-electron chi connectivity index (χ3n) is 4.13. The third kappa shape index (κ3) is 5.25. The minimum atomic E-state index is -0.764. The Morgan fingerprint density at radius 2 is 1.45 bits per heavy atom. The minimum absolute atomic E-state index is 0.134. The third-order valence-corrected chi connectivity index (χ3v) is 4.13. The summed E-state index contributed by atoms with van der Waals surface area (Å²) >= 11 is 0. The van der Waals surface area contributed by atoms with E-state index in [2.05, 4.69) is 4.74 Å². The molecule has 9 nitrogen and oxygen atoms in total. The summed E-state index contributed by atoms with van der Waals surface area (Å²) in [7, 11) is 6.90. The first-order chi connectivity index (χ1) is 14.9. The van der Waals surface area contributed by atoms with Crippen molar-refractivity contribution in [3.63, 3.8) is 0 Å². The zero-order valence-corrected chi connectivity index (χ0v) is 17.7. The molecule has 0 aromatic heterocycles. The number of benzene rings is 2. The van der Waals surface area contributed by atoms with Gasteiger partial charge in [-0.05, 0) is 35.9 Å². The molecule has 31 heavy (non-hydrogen) atoms. The van der Waals surface area contributed by atoms with E-state index >= 15 is 0 Å². The van der Waals surface area contributed by atoms with Crippen molar-refractivity contribution in [3.8, 4) is 34.8 Å². The normalized spacial score (nSPS) is 10.5. The average molecular weight is 427 g/mol. The van der Waals surface area contributed by atoms with E-state index in [0.717, 1.165) is 0 Å². The Bertz CT molecular complexity index is 1030. The molecule has 0 heterocycles. The second kappa shape index (κ2) is 10.5. The van der Waals surface area contributed by atoms with Gasteiger partial charge in [0, 0.05) is 0 Å². The van der Waals surface area contributed by atoms with Gasteiger partial charge < -0.3 is 28.4 Å². The quantitative estimate of drug-likeness (QED) is 0.271. The Kier molecular flexibility index (Phi) is 7.86. The maximum atomic E-state index is 12.7. The molecule has 0 atom stereocenters. The summed E-state index contributed by atoms with van der Waals surface area (Å²) in [6.07, 6.45) is 1.33. The van der Waals surface area contributed by atoms with Crippen molar-refractivity contribution < 1.29 is 38.0 Å². The first kappa shape index (κ1) is 23.1. The number of ether oxygens (including phenoxy) is 6. The highest BCUT2D eigenvalue weighted by molar-refractivity contribution is 5.98. The first-order valence-electron chi connectivity index (χ1n) is 8.82. The second-order valence-corrected chi connectivity index (χ2v) is 5.88. The summed E-state index contributed by atoms with van der Waals surface area (Å²) in [5, 5.41) is 9.09. The molecule has 0 unspecified atom stereocenters. The van der Waals surface area contributed by atoms with Gasteiger partial charge in [-0.1, -0.05) is 6.07 Å². The van der Waals surface area contributed by atoms with Gasteiger partial charge in [0.15, 0.2) is 23.0 Å². The van der Waals surface area contributed by atoms with Crippen LogP contribution in [-0.2, 0) is 9.53 Å². The molecule has 0 aliphatic carbocycles. The van der Waals surface area contributed by atoms with Crippen LogP contribution in [0.3, 0.4) is 0 Å². The fourth-order valence-corrected chi connectivity index (χ4v) is 2.63. The van der Waals surface area contributed by atoms with Crippen molar-refractivity contribution in [2.45, 2.75) is 0 Å². The number of methoxy groups -OCH3 is 5. The molecule has 0 N–H and O–H groups in total. The van der Waals surface area contributed by atoms with Gasteiger partial charge in [-0.2, -0.15) is 5.26 Å². The molecule has 2 aromatic rings. The van der Waals surface area contributed by atoms with Crippen molar-refractivity contribution >= 4 is 18.0 Å². The molecule has 0 fully saturated rings. The highest BCUT2D eigenvalue weighted by Gasteiger charge is 2.20. The van der Waals surface area contributed by atoms with E-state index in [1.807, 2.05) is 0 Å². The molecule has 0 amide bonds. The number of carbonyl (C=O) groups is 2. The predicted molar refractivity (Wildman–Crippen MR) is 110 cm³/mol. The molecule has 0 spiro atoms. The topological polar surface area (TPSA) is 113 Å². The van der Waals surface area contributed by atoms with Crippen LogP contribution in [0.25, 0.3) is 6.08 Å². The second-order valence-electron chi connectivity index (χ2n) is 5.88. The molecule has 2 aromatic carbocycles. The maximum Gasteiger partial charge on any atom is 0.348 e. The van der Waals surface area contributed by atoms with Crippen molar-refractivity contribution in [3.05, 3.63) is 47.0 Å². The van der Waals surface area contributed by atoms with E-state index in [4.69, 9.17) is 28.9 Å². The smallest absolute Gasteiger partial charge is 0.348 e. The lowest BCUT2D eigenvalue weighted by Crippen LogP contribution is -2.10. The number of carbonyl (C=O) groups excluding carboxylic acids is 2. The van der Waals surface area contributed by atoms with Gasteiger partial charge in [0.2, 0.25) is 5.75 Å². The molecule has 9 heteroatoms. The van der Waals surface area contributed by atoms with E-state index < -0.39 is 11.9 Å². The molecular formula is C22H21NO8.